The minimum atomic E-state index is 0.398. The van der Waals surface area contributed by atoms with E-state index in [0.717, 1.165) is 0 Å². The summed E-state index contributed by atoms with van der Waals surface area (Å²) in [6.07, 6.45) is 8.53. The van der Waals surface area contributed by atoms with Crippen LogP contribution in [0.25, 0.3) is 11.1 Å². The lowest BCUT2D eigenvalue weighted by Crippen LogP contribution is -2.79. The molecule has 94 valence electrons. The summed E-state index contributed by atoms with van der Waals surface area (Å²) in [6, 6.07) is 17.9. The van der Waals surface area contributed by atoms with E-state index >= 15 is 0 Å². The van der Waals surface area contributed by atoms with Crippen LogP contribution >= 0.6 is 0 Å². The van der Waals surface area contributed by atoms with Gasteiger partial charge in [0.2, 0.25) is 0 Å². The SMILES string of the molecule is Cc1cccc(-c2cccc(C3C=CC=C[NH2+]3)c2)c1. The Labute approximate surface area is 114 Å². The van der Waals surface area contributed by atoms with Gasteiger partial charge in [0.05, 0.1) is 6.20 Å². The highest BCUT2D eigenvalue weighted by Gasteiger charge is 2.12. The number of hydrogen-bond acceptors (Lipinski definition) is 0. The number of hydrogen-bond donors (Lipinski definition) is 1. The van der Waals surface area contributed by atoms with Gasteiger partial charge in [0, 0.05) is 5.56 Å². The number of aryl methyl sites for hydroxylation is 1. The van der Waals surface area contributed by atoms with E-state index in [9.17, 15) is 0 Å². The molecule has 1 aliphatic rings. The fraction of sp³-hybridized carbons (Fsp3) is 0.111. The number of nitrogens with two attached hydrogens (primary N) is 1. The molecule has 0 bridgehead atoms. The van der Waals surface area contributed by atoms with E-state index in [1.807, 2.05) is 0 Å². The van der Waals surface area contributed by atoms with Crippen molar-refractivity contribution in [1.29, 1.82) is 0 Å². The van der Waals surface area contributed by atoms with Crippen LogP contribution < -0.4 is 5.32 Å². The predicted octanol–water partition coefficient (Wildman–Crippen LogP) is 3.35. The van der Waals surface area contributed by atoms with Crippen LogP contribution in [0.15, 0.2) is 73.0 Å². The molecule has 0 aliphatic carbocycles. The summed E-state index contributed by atoms with van der Waals surface area (Å²) in [7, 11) is 0. The fourth-order valence-corrected chi connectivity index (χ4v) is 2.47. The second-order valence-corrected chi connectivity index (χ2v) is 4.98. The average Bonchev–Trinajstić information content (AvgIpc) is 2.48. The zero-order chi connectivity index (χ0) is 13.1. The van der Waals surface area contributed by atoms with Gasteiger partial charge < -0.3 is 5.32 Å². The normalized spacial score (nSPS) is 17.6. The smallest absolute Gasteiger partial charge is 0.135 e. The van der Waals surface area contributed by atoms with Crippen molar-refractivity contribution in [2.75, 3.05) is 0 Å². The van der Waals surface area contributed by atoms with E-state index in [2.05, 4.69) is 85.2 Å². The molecule has 2 N–H and O–H groups in total. The Morgan fingerprint density at radius 1 is 0.895 bits per heavy atom. The molecule has 0 amide bonds. The maximum atomic E-state index is 2.29. The van der Waals surface area contributed by atoms with Gasteiger partial charge in [-0.3, -0.25) is 0 Å². The number of rotatable bonds is 2. The van der Waals surface area contributed by atoms with Crippen LogP contribution in [0.2, 0.25) is 0 Å². The summed E-state index contributed by atoms with van der Waals surface area (Å²) < 4.78 is 0. The largest absolute Gasteiger partial charge is 0.311 e. The standard InChI is InChI=1S/C18H17N/c1-14-6-4-7-15(12-14)16-8-5-9-17(13-16)18-10-2-3-11-19-18/h2-13,18-19H,1H3/p+1. The summed E-state index contributed by atoms with van der Waals surface area (Å²) >= 11 is 0. The van der Waals surface area contributed by atoms with Crippen molar-refractivity contribution < 1.29 is 5.32 Å². The van der Waals surface area contributed by atoms with Gasteiger partial charge in [-0.15, -0.1) is 0 Å². The van der Waals surface area contributed by atoms with Gasteiger partial charge in [-0.05, 0) is 36.3 Å². The van der Waals surface area contributed by atoms with Crippen LogP contribution in [-0.4, -0.2) is 0 Å². The number of allylic oxidation sites excluding steroid dienone is 2. The summed E-state index contributed by atoms with van der Waals surface area (Å²) in [5, 5.41) is 2.23. The lowest BCUT2D eigenvalue weighted by Gasteiger charge is -2.13. The van der Waals surface area contributed by atoms with E-state index < -0.39 is 0 Å². The minimum Gasteiger partial charge on any atom is -0.311 e. The molecular weight excluding hydrogens is 230 g/mol. The van der Waals surface area contributed by atoms with E-state index in [0.29, 0.717) is 6.04 Å². The first-order chi connectivity index (χ1) is 9.33. The predicted molar refractivity (Wildman–Crippen MR) is 79.6 cm³/mol. The Morgan fingerprint density at radius 3 is 2.42 bits per heavy atom. The van der Waals surface area contributed by atoms with Gasteiger partial charge in [0.25, 0.3) is 0 Å². The zero-order valence-electron chi connectivity index (χ0n) is 11.1. The summed E-state index contributed by atoms with van der Waals surface area (Å²) in [4.78, 5) is 0. The van der Waals surface area contributed by atoms with E-state index in [1.165, 1.54) is 22.3 Å². The van der Waals surface area contributed by atoms with Crippen molar-refractivity contribution in [3.63, 3.8) is 0 Å². The molecule has 2 aromatic rings. The van der Waals surface area contributed by atoms with Crippen molar-refractivity contribution in [2.24, 2.45) is 0 Å². The van der Waals surface area contributed by atoms with Crippen LogP contribution in [0, 0.1) is 6.92 Å². The first-order valence-corrected chi connectivity index (χ1v) is 6.68. The van der Waals surface area contributed by atoms with Gasteiger partial charge in [-0.25, -0.2) is 0 Å². The van der Waals surface area contributed by atoms with Crippen molar-refractivity contribution in [3.05, 3.63) is 84.1 Å². The topological polar surface area (TPSA) is 16.6 Å². The zero-order valence-corrected chi connectivity index (χ0v) is 11.1. The molecule has 0 radical (unpaired) electrons. The molecule has 1 nitrogen and oxygen atoms in total. The van der Waals surface area contributed by atoms with E-state index in [1.54, 1.807) is 0 Å². The molecule has 0 aromatic heterocycles. The highest BCUT2D eigenvalue weighted by atomic mass is 14.9. The second kappa shape index (κ2) is 5.25. The fourth-order valence-electron chi connectivity index (χ4n) is 2.47. The van der Waals surface area contributed by atoms with Crippen molar-refractivity contribution in [3.8, 4) is 11.1 Å². The first kappa shape index (κ1) is 11.9. The minimum absolute atomic E-state index is 0.398. The van der Waals surface area contributed by atoms with Crippen LogP contribution in [0.3, 0.4) is 0 Å². The summed E-state index contributed by atoms with van der Waals surface area (Å²) in [5.74, 6) is 0. The lowest BCUT2D eigenvalue weighted by atomic mass is 9.98. The average molecular weight is 248 g/mol. The Balaban J connectivity index is 1.96. The van der Waals surface area contributed by atoms with E-state index in [-0.39, 0.29) is 0 Å². The molecule has 3 rings (SSSR count). The van der Waals surface area contributed by atoms with Crippen molar-refractivity contribution >= 4 is 0 Å². The van der Waals surface area contributed by atoms with Gasteiger partial charge >= 0.3 is 0 Å². The molecule has 19 heavy (non-hydrogen) atoms. The van der Waals surface area contributed by atoms with E-state index in [4.69, 9.17) is 0 Å². The summed E-state index contributed by atoms with van der Waals surface area (Å²) in [5.41, 5.74) is 5.23. The van der Waals surface area contributed by atoms with Gasteiger partial charge in [-0.1, -0.05) is 54.1 Å². The highest BCUT2D eigenvalue weighted by Crippen LogP contribution is 2.23. The third-order valence-corrected chi connectivity index (χ3v) is 3.48. The molecule has 0 saturated heterocycles. The van der Waals surface area contributed by atoms with Crippen LogP contribution in [0.5, 0.6) is 0 Å². The van der Waals surface area contributed by atoms with Crippen LogP contribution in [-0.2, 0) is 0 Å². The molecule has 2 aromatic carbocycles. The molecule has 0 saturated carbocycles. The molecule has 0 spiro atoms. The van der Waals surface area contributed by atoms with Gasteiger partial charge in [0.1, 0.15) is 6.04 Å². The Kier molecular flexibility index (Phi) is 3.30. The quantitative estimate of drug-likeness (QED) is 0.839. The molecule has 0 fully saturated rings. The van der Waals surface area contributed by atoms with Gasteiger partial charge in [-0.2, -0.15) is 0 Å². The molecular formula is C18H18N+. The molecule has 1 aliphatic heterocycles. The first-order valence-electron chi connectivity index (χ1n) is 6.68. The van der Waals surface area contributed by atoms with Crippen LogP contribution in [0.1, 0.15) is 17.2 Å². The highest BCUT2D eigenvalue weighted by molar-refractivity contribution is 5.65. The monoisotopic (exact) mass is 248 g/mol. The molecule has 1 heterocycles. The Bertz CT molecular complexity index is 638. The number of quaternary nitrogens is 1. The maximum Gasteiger partial charge on any atom is 0.135 e. The van der Waals surface area contributed by atoms with Gasteiger partial charge in [0.15, 0.2) is 0 Å². The molecule has 1 unspecified atom stereocenters. The molecule has 1 atom stereocenters. The lowest BCUT2D eigenvalue weighted by molar-refractivity contribution is -0.622. The van der Waals surface area contributed by atoms with Crippen LogP contribution in [0.4, 0.5) is 0 Å². The maximum absolute atomic E-state index is 2.29. The second-order valence-electron chi connectivity index (χ2n) is 4.98. The summed E-state index contributed by atoms with van der Waals surface area (Å²) in [6.45, 7) is 2.13. The molecule has 1 heteroatoms. The van der Waals surface area contributed by atoms with Crippen molar-refractivity contribution in [1.82, 2.24) is 0 Å². The number of benzene rings is 2. The third-order valence-electron chi connectivity index (χ3n) is 3.48. The Hall–Kier alpha value is -2.12. The van der Waals surface area contributed by atoms with Crippen molar-refractivity contribution in [2.45, 2.75) is 13.0 Å². The Morgan fingerprint density at radius 2 is 1.68 bits per heavy atom. The third kappa shape index (κ3) is 2.67.